The quantitative estimate of drug-likeness (QED) is 0.416. The number of ether oxygens (including phenoxy) is 1. The van der Waals surface area contributed by atoms with Crippen LogP contribution in [0.3, 0.4) is 0 Å². The smallest absolute Gasteiger partial charge is 0.251 e. The van der Waals surface area contributed by atoms with Crippen LogP contribution in [0.5, 0.6) is 5.88 Å². The van der Waals surface area contributed by atoms with Gasteiger partial charge in [0.2, 0.25) is 5.88 Å². The lowest BCUT2D eigenvalue weighted by atomic mass is 10.0. The molecule has 1 N–H and O–H groups in total. The largest absolute Gasteiger partial charge is 0.481 e. The summed E-state index contributed by atoms with van der Waals surface area (Å²) in [6.45, 7) is 1.73. The highest BCUT2D eigenvalue weighted by Gasteiger charge is 2.39. The van der Waals surface area contributed by atoms with Gasteiger partial charge < -0.3 is 10.1 Å². The summed E-state index contributed by atoms with van der Waals surface area (Å²) in [6.07, 6.45) is 1.82. The molecule has 0 radical (unpaired) electrons. The molecule has 3 heterocycles. The van der Waals surface area contributed by atoms with Crippen molar-refractivity contribution in [1.29, 1.82) is 0 Å². The van der Waals surface area contributed by atoms with Gasteiger partial charge in [0.1, 0.15) is 11.5 Å². The van der Waals surface area contributed by atoms with Crippen LogP contribution in [0.4, 0.5) is 4.39 Å². The van der Waals surface area contributed by atoms with Gasteiger partial charge in [-0.3, -0.25) is 4.79 Å². The molecule has 8 nitrogen and oxygen atoms in total. The average Bonchev–Trinajstić information content (AvgIpc) is 3.35. The molecule has 2 aromatic heterocycles. The topological polar surface area (TPSA) is 103 Å². The van der Waals surface area contributed by atoms with E-state index in [-0.39, 0.29) is 11.5 Å². The number of aromatic nitrogens is 3. The van der Waals surface area contributed by atoms with Crippen molar-refractivity contribution < 1.29 is 22.3 Å². The molecular weight excluding hydrogens is 507 g/mol. The highest BCUT2D eigenvalue weighted by molar-refractivity contribution is 7.91. The lowest BCUT2D eigenvalue weighted by molar-refractivity contribution is 0.0915. The van der Waals surface area contributed by atoms with Gasteiger partial charge in [-0.05, 0) is 55.8 Å². The third-order valence-electron chi connectivity index (χ3n) is 6.23. The molecule has 2 aromatic carbocycles. The van der Waals surface area contributed by atoms with Crippen molar-refractivity contribution in [3.8, 4) is 22.8 Å². The Morgan fingerprint density at radius 2 is 1.94 bits per heavy atom. The van der Waals surface area contributed by atoms with Crippen molar-refractivity contribution in [3.63, 3.8) is 0 Å². The zero-order valence-electron chi connectivity index (χ0n) is 19.5. The summed E-state index contributed by atoms with van der Waals surface area (Å²) in [5.41, 5.74) is 1.77. The summed E-state index contributed by atoms with van der Waals surface area (Å²) in [7, 11) is -1.69. The van der Waals surface area contributed by atoms with Crippen LogP contribution in [0.25, 0.3) is 27.8 Å². The van der Waals surface area contributed by atoms with E-state index in [4.69, 9.17) is 21.4 Å². The summed E-state index contributed by atoms with van der Waals surface area (Å²) in [5.74, 6) is -0.492. The molecule has 0 saturated carbocycles. The van der Waals surface area contributed by atoms with Gasteiger partial charge in [0.05, 0.1) is 46.6 Å². The number of amides is 1. The lowest BCUT2D eigenvalue weighted by Gasteiger charge is -2.23. The van der Waals surface area contributed by atoms with E-state index in [1.807, 2.05) is 0 Å². The molecule has 0 bridgehead atoms. The molecule has 1 atom stereocenters. The van der Waals surface area contributed by atoms with Crippen LogP contribution in [0.2, 0.25) is 5.02 Å². The van der Waals surface area contributed by atoms with E-state index in [9.17, 15) is 17.6 Å². The first kappa shape index (κ1) is 24.2. The van der Waals surface area contributed by atoms with Gasteiger partial charge in [-0.2, -0.15) is 5.10 Å². The van der Waals surface area contributed by atoms with E-state index in [0.717, 1.165) is 0 Å². The molecular formula is C25H22ClFN4O4S. The molecule has 186 valence electrons. The molecule has 0 spiro atoms. The number of benzene rings is 2. The zero-order valence-corrected chi connectivity index (χ0v) is 21.0. The fourth-order valence-corrected chi connectivity index (χ4v) is 6.69. The maximum atomic E-state index is 13.6. The molecule has 1 amide bonds. The number of hydrogen-bond donors (Lipinski definition) is 1. The number of pyridine rings is 1. The monoisotopic (exact) mass is 528 g/mol. The molecule has 0 aliphatic carbocycles. The number of rotatable bonds is 5. The lowest BCUT2D eigenvalue weighted by Crippen LogP contribution is -2.46. The maximum absolute atomic E-state index is 13.6. The summed E-state index contributed by atoms with van der Waals surface area (Å²) >= 11 is 6.45. The van der Waals surface area contributed by atoms with Crippen molar-refractivity contribution in [1.82, 2.24) is 20.1 Å². The minimum absolute atomic E-state index is 0.0413. The van der Waals surface area contributed by atoms with Crippen LogP contribution in [-0.4, -0.2) is 53.2 Å². The van der Waals surface area contributed by atoms with Crippen molar-refractivity contribution in [2.24, 2.45) is 0 Å². The Bertz CT molecular complexity index is 1600. The summed E-state index contributed by atoms with van der Waals surface area (Å²) in [4.78, 5) is 17.3. The van der Waals surface area contributed by atoms with E-state index < -0.39 is 27.1 Å². The molecule has 1 fully saturated rings. The summed E-state index contributed by atoms with van der Waals surface area (Å²) < 4.78 is 44.4. The van der Waals surface area contributed by atoms with Crippen LogP contribution in [-0.2, 0) is 9.84 Å². The molecule has 4 aromatic rings. The number of nitrogens with zero attached hydrogens (tertiary/aromatic N) is 3. The third-order valence-corrected chi connectivity index (χ3v) is 8.43. The number of nitrogens with one attached hydrogen (secondary N) is 1. The average molecular weight is 529 g/mol. The first-order valence-electron chi connectivity index (χ1n) is 11.1. The fraction of sp³-hybridized carbons (Fsp3) is 0.240. The number of sulfone groups is 1. The van der Waals surface area contributed by atoms with Gasteiger partial charge in [0.15, 0.2) is 9.84 Å². The van der Waals surface area contributed by atoms with Crippen LogP contribution in [0, 0.1) is 5.82 Å². The first-order chi connectivity index (χ1) is 17.1. The predicted molar refractivity (Wildman–Crippen MR) is 135 cm³/mol. The van der Waals surface area contributed by atoms with E-state index in [1.165, 1.54) is 25.4 Å². The molecule has 1 aliphatic heterocycles. The van der Waals surface area contributed by atoms with Gasteiger partial charge in [-0.15, -0.1) is 0 Å². The van der Waals surface area contributed by atoms with Crippen LogP contribution < -0.4 is 10.1 Å². The standard InChI is InChI=1S/C25H22ClFN4O4S/c1-25(9-10-36(33,34)14-25)29-24(32)15-3-8-18-21(11-15)31(17-6-4-16(27)5-7-17)30-23(18)19-12-22(35-2)28-13-20(19)26/h3-8,11-13H,9-10,14H2,1-2H3,(H,29,32). The fourth-order valence-electron chi connectivity index (χ4n) is 4.40. The molecule has 5 rings (SSSR count). The Morgan fingerprint density at radius 1 is 1.19 bits per heavy atom. The molecule has 1 unspecified atom stereocenters. The van der Waals surface area contributed by atoms with Crippen molar-refractivity contribution in [3.05, 3.63) is 71.1 Å². The van der Waals surface area contributed by atoms with Crippen LogP contribution in [0.1, 0.15) is 23.7 Å². The van der Waals surface area contributed by atoms with Gasteiger partial charge in [-0.25, -0.2) is 22.5 Å². The van der Waals surface area contributed by atoms with Crippen molar-refractivity contribution in [2.75, 3.05) is 18.6 Å². The second kappa shape index (κ2) is 8.86. The molecule has 36 heavy (non-hydrogen) atoms. The summed E-state index contributed by atoms with van der Waals surface area (Å²) in [6, 6.07) is 12.5. The summed E-state index contributed by atoms with van der Waals surface area (Å²) in [5, 5.41) is 8.68. The van der Waals surface area contributed by atoms with Gasteiger partial charge in [0, 0.05) is 22.6 Å². The molecule has 1 aliphatic rings. The van der Waals surface area contributed by atoms with Crippen molar-refractivity contribution in [2.45, 2.75) is 18.9 Å². The second-order valence-corrected chi connectivity index (χ2v) is 11.6. The Labute approximate surface area is 212 Å². The van der Waals surface area contributed by atoms with E-state index in [2.05, 4.69) is 10.3 Å². The van der Waals surface area contributed by atoms with Gasteiger partial charge in [-0.1, -0.05) is 11.6 Å². The van der Waals surface area contributed by atoms with Crippen molar-refractivity contribution >= 4 is 38.2 Å². The highest BCUT2D eigenvalue weighted by atomic mass is 35.5. The SMILES string of the molecule is COc1cc(-c2nn(-c3ccc(F)cc3)c3cc(C(=O)NC4(C)CCS(=O)(=O)C4)ccc23)c(Cl)cn1. The highest BCUT2D eigenvalue weighted by Crippen LogP contribution is 2.36. The Hall–Kier alpha value is -3.50. The Kier molecular flexibility index (Phi) is 5.96. The Balaban J connectivity index is 1.63. The maximum Gasteiger partial charge on any atom is 0.251 e. The predicted octanol–water partition coefficient (Wildman–Crippen LogP) is 4.20. The molecule has 11 heteroatoms. The second-order valence-electron chi connectivity index (χ2n) is 9.03. The number of methoxy groups -OCH3 is 1. The van der Waals surface area contributed by atoms with Crippen LogP contribution >= 0.6 is 11.6 Å². The minimum Gasteiger partial charge on any atom is -0.481 e. The molecule has 1 saturated heterocycles. The third kappa shape index (κ3) is 4.54. The first-order valence-corrected chi connectivity index (χ1v) is 13.3. The number of carbonyl (C=O) groups is 1. The normalized spacial score (nSPS) is 18.9. The minimum atomic E-state index is -3.19. The zero-order chi connectivity index (χ0) is 25.7. The van der Waals surface area contributed by atoms with E-state index >= 15 is 0 Å². The van der Waals surface area contributed by atoms with Crippen LogP contribution in [0.15, 0.2) is 54.7 Å². The van der Waals surface area contributed by atoms with E-state index in [0.29, 0.717) is 50.7 Å². The van der Waals surface area contributed by atoms with E-state index in [1.54, 1.807) is 48.0 Å². The number of halogens is 2. The number of fused-ring (bicyclic) bond motifs is 1. The van der Waals surface area contributed by atoms with Gasteiger partial charge in [0.25, 0.3) is 5.91 Å². The van der Waals surface area contributed by atoms with Gasteiger partial charge >= 0.3 is 0 Å². The number of carbonyl (C=O) groups excluding carboxylic acids is 1. The number of hydrogen-bond acceptors (Lipinski definition) is 6. The Morgan fingerprint density at radius 3 is 2.61 bits per heavy atom.